The molecule has 0 fully saturated rings. The minimum Gasteiger partial charge on any atom is -0.497 e. The lowest BCUT2D eigenvalue weighted by Crippen LogP contribution is -2.16. The van der Waals surface area contributed by atoms with E-state index in [0.717, 1.165) is 12.1 Å². The molecule has 6 heteroatoms. The molecule has 0 spiro atoms. The van der Waals surface area contributed by atoms with Gasteiger partial charge >= 0.3 is 0 Å². The molecule has 0 aliphatic heterocycles. The van der Waals surface area contributed by atoms with E-state index in [4.69, 9.17) is 10.5 Å². The van der Waals surface area contributed by atoms with E-state index in [0.29, 0.717) is 17.1 Å². The lowest BCUT2D eigenvalue weighted by Gasteiger charge is -2.10. The Morgan fingerprint density at radius 2 is 2.00 bits per heavy atom. The summed E-state index contributed by atoms with van der Waals surface area (Å²) in [5.74, 6) is -1.37. The van der Waals surface area contributed by atoms with Crippen LogP contribution in [-0.2, 0) is 11.2 Å². The van der Waals surface area contributed by atoms with E-state index in [1.165, 1.54) is 13.2 Å². The molecular weight excluding hydrogens is 278 g/mol. The number of rotatable bonds is 4. The number of nitrogen functional groups attached to an aromatic ring is 1. The van der Waals surface area contributed by atoms with Gasteiger partial charge in [0.2, 0.25) is 5.91 Å². The highest BCUT2D eigenvalue weighted by Gasteiger charge is 2.11. The van der Waals surface area contributed by atoms with Gasteiger partial charge in [-0.05, 0) is 23.8 Å². The summed E-state index contributed by atoms with van der Waals surface area (Å²) in [5.41, 5.74) is 6.59. The second-order valence-electron chi connectivity index (χ2n) is 4.41. The first kappa shape index (κ1) is 14.8. The molecule has 4 nitrogen and oxygen atoms in total. The van der Waals surface area contributed by atoms with E-state index < -0.39 is 17.5 Å². The van der Waals surface area contributed by atoms with Crippen molar-refractivity contribution in [1.82, 2.24) is 0 Å². The van der Waals surface area contributed by atoms with Gasteiger partial charge in [0.25, 0.3) is 0 Å². The average molecular weight is 292 g/mol. The smallest absolute Gasteiger partial charge is 0.228 e. The molecule has 1 amide bonds. The molecule has 2 aromatic carbocycles. The van der Waals surface area contributed by atoms with Crippen LogP contribution >= 0.6 is 0 Å². The van der Waals surface area contributed by atoms with E-state index in [1.807, 2.05) is 0 Å². The Kier molecular flexibility index (Phi) is 4.37. The van der Waals surface area contributed by atoms with Gasteiger partial charge in [0.05, 0.1) is 24.9 Å². The lowest BCUT2D eigenvalue weighted by atomic mass is 10.1. The maximum absolute atomic E-state index is 13.5. The van der Waals surface area contributed by atoms with Crippen molar-refractivity contribution in [3.8, 4) is 5.75 Å². The van der Waals surface area contributed by atoms with Crippen molar-refractivity contribution in [2.24, 2.45) is 0 Å². The van der Waals surface area contributed by atoms with Gasteiger partial charge in [0.1, 0.15) is 17.4 Å². The number of nitrogens with two attached hydrogens (primary N) is 1. The second kappa shape index (κ2) is 6.21. The highest BCUT2D eigenvalue weighted by molar-refractivity contribution is 5.95. The van der Waals surface area contributed by atoms with Crippen LogP contribution in [0.1, 0.15) is 5.56 Å². The quantitative estimate of drug-likeness (QED) is 0.852. The summed E-state index contributed by atoms with van der Waals surface area (Å²) in [6, 6.07) is 7.89. The Morgan fingerprint density at radius 1 is 1.24 bits per heavy atom. The van der Waals surface area contributed by atoms with E-state index in [-0.39, 0.29) is 12.0 Å². The van der Waals surface area contributed by atoms with Crippen molar-refractivity contribution < 1.29 is 18.3 Å². The van der Waals surface area contributed by atoms with Gasteiger partial charge in [-0.25, -0.2) is 8.78 Å². The number of hydrogen-bond acceptors (Lipinski definition) is 3. The average Bonchev–Trinajstić information content (AvgIpc) is 2.44. The van der Waals surface area contributed by atoms with Gasteiger partial charge in [0.15, 0.2) is 0 Å². The number of anilines is 2. The molecule has 110 valence electrons. The molecule has 21 heavy (non-hydrogen) atoms. The molecule has 0 bridgehead atoms. The topological polar surface area (TPSA) is 64.3 Å². The van der Waals surface area contributed by atoms with Crippen LogP contribution in [0.25, 0.3) is 0 Å². The van der Waals surface area contributed by atoms with Crippen molar-refractivity contribution in [1.29, 1.82) is 0 Å². The van der Waals surface area contributed by atoms with Crippen molar-refractivity contribution in [2.75, 3.05) is 18.2 Å². The molecule has 2 rings (SSSR count). The molecule has 3 N–H and O–H groups in total. The van der Waals surface area contributed by atoms with Gasteiger partial charge in [-0.1, -0.05) is 6.07 Å². The van der Waals surface area contributed by atoms with Crippen LogP contribution in [-0.4, -0.2) is 13.0 Å². The van der Waals surface area contributed by atoms with Crippen LogP contribution in [0.4, 0.5) is 20.2 Å². The van der Waals surface area contributed by atoms with Crippen LogP contribution in [0, 0.1) is 11.6 Å². The summed E-state index contributed by atoms with van der Waals surface area (Å²) in [6.45, 7) is 0. The first-order valence-corrected chi connectivity index (χ1v) is 6.17. The third-order valence-corrected chi connectivity index (χ3v) is 2.90. The zero-order valence-electron chi connectivity index (χ0n) is 11.3. The number of methoxy groups -OCH3 is 1. The summed E-state index contributed by atoms with van der Waals surface area (Å²) in [5, 5.41) is 2.57. The predicted molar refractivity (Wildman–Crippen MR) is 76.1 cm³/mol. The summed E-state index contributed by atoms with van der Waals surface area (Å²) in [4.78, 5) is 11.9. The number of benzene rings is 2. The molecule has 0 aliphatic rings. The number of ether oxygens (including phenoxy) is 1. The summed E-state index contributed by atoms with van der Waals surface area (Å²) >= 11 is 0. The van der Waals surface area contributed by atoms with Gasteiger partial charge in [0, 0.05) is 12.1 Å². The van der Waals surface area contributed by atoms with Gasteiger partial charge in [-0.3, -0.25) is 4.79 Å². The zero-order chi connectivity index (χ0) is 15.4. The van der Waals surface area contributed by atoms with Gasteiger partial charge in [-0.2, -0.15) is 0 Å². The molecule has 0 heterocycles. The standard InChI is InChI=1S/C15H14F2N2O2/c1-21-11-4-5-13(18)14(8-11)19-15(20)6-9-2-3-10(16)7-12(9)17/h2-5,7-8H,6,18H2,1H3,(H,19,20). The monoisotopic (exact) mass is 292 g/mol. The number of halogens is 2. The number of hydrogen-bond donors (Lipinski definition) is 2. The first-order valence-electron chi connectivity index (χ1n) is 6.17. The Bertz CT molecular complexity index is 675. The fourth-order valence-corrected chi connectivity index (χ4v) is 1.80. The normalized spacial score (nSPS) is 10.2. The van der Waals surface area contributed by atoms with Crippen LogP contribution < -0.4 is 15.8 Å². The Hall–Kier alpha value is -2.63. The minimum absolute atomic E-state index is 0.107. The highest BCUT2D eigenvalue weighted by atomic mass is 19.1. The van der Waals surface area contributed by atoms with Gasteiger partial charge in [-0.15, -0.1) is 0 Å². The maximum atomic E-state index is 13.5. The third kappa shape index (κ3) is 3.68. The van der Waals surface area contributed by atoms with Gasteiger partial charge < -0.3 is 15.8 Å². The number of amides is 1. The van der Waals surface area contributed by atoms with Crippen molar-refractivity contribution in [3.05, 3.63) is 53.6 Å². The zero-order valence-corrected chi connectivity index (χ0v) is 11.3. The minimum atomic E-state index is -0.760. The Balaban J connectivity index is 2.11. The Labute approximate surface area is 120 Å². The third-order valence-electron chi connectivity index (χ3n) is 2.90. The maximum Gasteiger partial charge on any atom is 0.228 e. The van der Waals surface area contributed by atoms with Crippen molar-refractivity contribution in [3.63, 3.8) is 0 Å². The molecule has 0 aliphatic carbocycles. The molecule has 0 atom stereocenters. The van der Waals surface area contributed by atoms with Crippen LogP contribution in [0.2, 0.25) is 0 Å². The van der Waals surface area contributed by atoms with Crippen molar-refractivity contribution >= 4 is 17.3 Å². The second-order valence-corrected chi connectivity index (χ2v) is 4.41. The number of nitrogens with one attached hydrogen (secondary N) is 1. The first-order chi connectivity index (χ1) is 9.99. The molecule has 0 radical (unpaired) electrons. The number of carbonyl (C=O) groups is 1. The van der Waals surface area contributed by atoms with Crippen LogP contribution in [0.5, 0.6) is 5.75 Å². The Morgan fingerprint density at radius 3 is 2.67 bits per heavy atom. The highest BCUT2D eigenvalue weighted by Crippen LogP contribution is 2.24. The fraction of sp³-hybridized carbons (Fsp3) is 0.133. The van der Waals surface area contributed by atoms with E-state index in [2.05, 4.69) is 5.32 Å². The van der Waals surface area contributed by atoms with E-state index >= 15 is 0 Å². The van der Waals surface area contributed by atoms with Crippen molar-refractivity contribution in [2.45, 2.75) is 6.42 Å². The fourth-order valence-electron chi connectivity index (χ4n) is 1.80. The molecule has 2 aromatic rings. The lowest BCUT2D eigenvalue weighted by molar-refractivity contribution is -0.115. The van der Waals surface area contributed by atoms with Crippen LogP contribution in [0.15, 0.2) is 36.4 Å². The molecular formula is C15H14F2N2O2. The molecule has 0 saturated carbocycles. The van der Waals surface area contributed by atoms with Crippen LogP contribution in [0.3, 0.4) is 0 Å². The molecule has 0 unspecified atom stereocenters. The SMILES string of the molecule is COc1ccc(N)c(NC(=O)Cc2ccc(F)cc2F)c1. The van der Waals surface area contributed by atoms with E-state index in [1.54, 1.807) is 18.2 Å². The predicted octanol–water partition coefficient (Wildman–Crippen LogP) is 2.74. The summed E-state index contributed by atoms with van der Waals surface area (Å²) in [6.07, 6.45) is -0.219. The van der Waals surface area contributed by atoms with E-state index in [9.17, 15) is 13.6 Å². The summed E-state index contributed by atoms with van der Waals surface area (Å²) < 4.78 is 31.3. The number of carbonyl (C=O) groups excluding carboxylic acids is 1. The molecule has 0 aromatic heterocycles. The molecule has 0 saturated heterocycles. The summed E-state index contributed by atoms with van der Waals surface area (Å²) in [7, 11) is 1.49. The largest absolute Gasteiger partial charge is 0.497 e.